The first-order valence-corrected chi connectivity index (χ1v) is 11.1. The molecule has 3 heterocycles. The topological polar surface area (TPSA) is 74.1 Å². The molecule has 2 aliphatic rings. The van der Waals surface area contributed by atoms with Gasteiger partial charge >= 0.3 is 0 Å². The summed E-state index contributed by atoms with van der Waals surface area (Å²) in [5, 5.41) is 9.81. The smallest absolute Gasteiger partial charge is 0.254 e. The first-order chi connectivity index (χ1) is 14.3. The zero-order valence-electron chi connectivity index (χ0n) is 16.0. The van der Waals surface area contributed by atoms with Gasteiger partial charge in [-0.3, -0.25) is 4.79 Å². The minimum atomic E-state index is 0. The van der Waals surface area contributed by atoms with E-state index in [0.717, 1.165) is 46.3 Å². The third-order valence-electron chi connectivity index (χ3n) is 5.04. The number of amidine groups is 1. The van der Waals surface area contributed by atoms with Gasteiger partial charge in [-0.2, -0.15) is 13.8 Å². The standard InChI is InChI=1S/C20H18N6OS2.ClH/c27-19(15-6-7-16-17(12-15)24-29-23-16)25-8-10-26(11-9-25)20-22-21-18(13-28-20)14-4-2-1-3-5-14;/h1-7,12H,8-11,13H2;1H. The molecular formula is C20H19ClN6OS2. The molecule has 5 rings (SSSR count). The largest absolute Gasteiger partial charge is 0.346 e. The maximum Gasteiger partial charge on any atom is 0.254 e. The summed E-state index contributed by atoms with van der Waals surface area (Å²) in [6, 6.07) is 15.7. The third-order valence-corrected chi connectivity index (χ3v) is 6.61. The van der Waals surface area contributed by atoms with E-state index in [-0.39, 0.29) is 18.3 Å². The molecule has 1 fully saturated rings. The van der Waals surface area contributed by atoms with Crippen LogP contribution in [0.2, 0.25) is 0 Å². The molecular weight excluding hydrogens is 440 g/mol. The zero-order valence-corrected chi connectivity index (χ0v) is 18.4. The van der Waals surface area contributed by atoms with Crippen LogP contribution in [0.3, 0.4) is 0 Å². The number of benzene rings is 2. The summed E-state index contributed by atoms with van der Waals surface area (Å²) in [6.45, 7) is 2.85. The molecule has 0 bridgehead atoms. The summed E-state index contributed by atoms with van der Waals surface area (Å²) >= 11 is 2.87. The van der Waals surface area contributed by atoms with E-state index in [4.69, 9.17) is 0 Å². The minimum Gasteiger partial charge on any atom is -0.346 e. The maximum absolute atomic E-state index is 12.9. The number of carbonyl (C=O) groups excluding carboxylic acids is 1. The van der Waals surface area contributed by atoms with Crippen molar-refractivity contribution in [2.45, 2.75) is 0 Å². The van der Waals surface area contributed by atoms with Crippen LogP contribution in [0.25, 0.3) is 11.0 Å². The first kappa shape index (κ1) is 20.8. The van der Waals surface area contributed by atoms with Crippen molar-refractivity contribution in [3.05, 3.63) is 59.7 Å². The molecule has 0 saturated carbocycles. The highest BCUT2D eigenvalue weighted by Crippen LogP contribution is 2.21. The Morgan fingerprint density at radius 2 is 1.67 bits per heavy atom. The average molecular weight is 459 g/mol. The fourth-order valence-electron chi connectivity index (χ4n) is 3.42. The molecule has 1 saturated heterocycles. The second-order valence-electron chi connectivity index (χ2n) is 6.83. The van der Waals surface area contributed by atoms with Crippen molar-refractivity contribution in [1.29, 1.82) is 0 Å². The Balaban J connectivity index is 0.00000218. The van der Waals surface area contributed by atoms with Gasteiger partial charge in [0, 0.05) is 37.5 Å². The van der Waals surface area contributed by atoms with Gasteiger partial charge in [-0.25, -0.2) is 0 Å². The monoisotopic (exact) mass is 458 g/mol. The normalized spacial score (nSPS) is 16.7. The summed E-state index contributed by atoms with van der Waals surface area (Å²) in [4.78, 5) is 17.0. The zero-order chi connectivity index (χ0) is 19.6. The number of rotatable bonds is 2. The lowest BCUT2D eigenvalue weighted by atomic mass is 10.1. The molecule has 10 heteroatoms. The number of piperazine rings is 1. The number of fused-ring (bicyclic) bond motifs is 1. The van der Waals surface area contributed by atoms with E-state index >= 15 is 0 Å². The SMILES string of the molecule is Cl.O=C(c1ccc2nsnc2c1)N1CCN(C2=NN=C(c3ccccc3)CS2)CC1. The molecule has 0 unspecified atom stereocenters. The number of halogens is 1. The molecule has 154 valence electrons. The van der Waals surface area contributed by atoms with Gasteiger partial charge in [-0.1, -0.05) is 42.1 Å². The van der Waals surface area contributed by atoms with Gasteiger partial charge in [0.05, 0.1) is 17.4 Å². The van der Waals surface area contributed by atoms with Crippen LogP contribution in [0.15, 0.2) is 58.7 Å². The van der Waals surface area contributed by atoms with Crippen molar-refractivity contribution in [3.63, 3.8) is 0 Å². The number of nitrogens with zero attached hydrogens (tertiary/aromatic N) is 6. The van der Waals surface area contributed by atoms with Crippen molar-refractivity contribution >= 4 is 63.7 Å². The summed E-state index contributed by atoms with van der Waals surface area (Å²) in [7, 11) is 0. The minimum absolute atomic E-state index is 0. The molecule has 1 aromatic heterocycles. The van der Waals surface area contributed by atoms with Crippen molar-refractivity contribution in [2.24, 2.45) is 10.2 Å². The fourth-order valence-corrected chi connectivity index (χ4v) is 4.89. The molecule has 30 heavy (non-hydrogen) atoms. The lowest BCUT2D eigenvalue weighted by Gasteiger charge is -2.36. The fraction of sp³-hybridized carbons (Fsp3) is 0.250. The van der Waals surface area contributed by atoms with Crippen molar-refractivity contribution in [1.82, 2.24) is 18.5 Å². The summed E-state index contributed by atoms with van der Waals surface area (Å²) in [5.74, 6) is 0.853. The highest BCUT2D eigenvalue weighted by Gasteiger charge is 2.26. The predicted molar refractivity (Wildman–Crippen MR) is 125 cm³/mol. The Hall–Kier alpha value is -2.49. The molecule has 2 aromatic carbocycles. The van der Waals surface area contributed by atoms with Gasteiger partial charge in [0.25, 0.3) is 5.91 Å². The molecule has 0 atom stereocenters. The van der Waals surface area contributed by atoms with Crippen LogP contribution in [0.4, 0.5) is 0 Å². The van der Waals surface area contributed by atoms with Gasteiger partial charge < -0.3 is 9.80 Å². The van der Waals surface area contributed by atoms with E-state index in [0.29, 0.717) is 18.7 Å². The number of hydrogen-bond donors (Lipinski definition) is 0. The van der Waals surface area contributed by atoms with Gasteiger partial charge in [-0.05, 0) is 23.8 Å². The quantitative estimate of drug-likeness (QED) is 0.588. The van der Waals surface area contributed by atoms with Crippen LogP contribution in [0, 0.1) is 0 Å². The second kappa shape index (κ2) is 9.11. The van der Waals surface area contributed by atoms with E-state index in [1.54, 1.807) is 11.8 Å². The lowest BCUT2D eigenvalue weighted by Crippen LogP contribution is -2.50. The van der Waals surface area contributed by atoms with Crippen LogP contribution >= 0.6 is 35.9 Å². The van der Waals surface area contributed by atoms with Gasteiger partial charge in [0.2, 0.25) is 0 Å². The average Bonchev–Trinajstić information content (AvgIpc) is 3.27. The van der Waals surface area contributed by atoms with Crippen molar-refractivity contribution in [2.75, 3.05) is 31.9 Å². The van der Waals surface area contributed by atoms with Gasteiger partial charge in [-0.15, -0.1) is 17.5 Å². The van der Waals surface area contributed by atoms with E-state index in [1.807, 2.05) is 41.3 Å². The molecule has 1 amide bonds. The van der Waals surface area contributed by atoms with Crippen LogP contribution < -0.4 is 0 Å². The van der Waals surface area contributed by atoms with Gasteiger partial charge in [0.1, 0.15) is 11.0 Å². The molecule has 0 N–H and O–H groups in total. The number of aromatic nitrogens is 2. The Kier molecular flexibility index (Phi) is 6.31. The number of thioether (sulfide) groups is 1. The molecule has 0 radical (unpaired) electrons. The molecule has 7 nitrogen and oxygen atoms in total. The lowest BCUT2D eigenvalue weighted by molar-refractivity contribution is 0.0693. The highest BCUT2D eigenvalue weighted by molar-refractivity contribution is 8.14. The Bertz CT molecular complexity index is 1110. The Morgan fingerprint density at radius 3 is 2.40 bits per heavy atom. The van der Waals surface area contributed by atoms with E-state index in [1.165, 1.54) is 11.7 Å². The van der Waals surface area contributed by atoms with Crippen LogP contribution in [0.1, 0.15) is 15.9 Å². The number of amides is 1. The molecule has 0 spiro atoms. The van der Waals surface area contributed by atoms with Gasteiger partial charge in [0.15, 0.2) is 5.17 Å². The predicted octanol–water partition coefficient (Wildman–Crippen LogP) is 3.38. The summed E-state index contributed by atoms with van der Waals surface area (Å²) < 4.78 is 8.42. The Morgan fingerprint density at radius 1 is 0.900 bits per heavy atom. The third kappa shape index (κ3) is 4.19. The summed E-state index contributed by atoms with van der Waals surface area (Å²) in [5.41, 5.74) is 4.39. The number of carbonyl (C=O) groups is 1. The van der Waals surface area contributed by atoms with E-state index < -0.39 is 0 Å². The molecule has 3 aromatic rings. The van der Waals surface area contributed by atoms with Crippen LogP contribution in [-0.4, -0.2) is 67.3 Å². The highest BCUT2D eigenvalue weighted by atomic mass is 35.5. The van der Waals surface area contributed by atoms with Crippen LogP contribution in [-0.2, 0) is 0 Å². The van der Waals surface area contributed by atoms with Crippen LogP contribution in [0.5, 0.6) is 0 Å². The van der Waals surface area contributed by atoms with Crippen molar-refractivity contribution < 1.29 is 4.79 Å². The summed E-state index contributed by atoms with van der Waals surface area (Å²) in [6.07, 6.45) is 0. The van der Waals surface area contributed by atoms with E-state index in [9.17, 15) is 4.79 Å². The molecule has 2 aliphatic heterocycles. The van der Waals surface area contributed by atoms with Crippen molar-refractivity contribution in [3.8, 4) is 0 Å². The first-order valence-electron chi connectivity index (χ1n) is 9.37. The maximum atomic E-state index is 12.9. The van der Waals surface area contributed by atoms with E-state index in [2.05, 4.69) is 36.0 Å². The number of hydrogen-bond acceptors (Lipinski definition) is 8. The second-order valence-corrected chi connectivity index (χ2v) is 8.30. The molecule has 0 aliphatic carbocycles. The Labute approximate surface area is 188 Å².